The van der Waals surface area contributed by atoms with Crippen molar-refractivity contribution in [2.24, 2.45) is 5.41 Å². The van der Waals surface area contributed by atoms with Gasteiger partial charge in [-0.1, -0.05) is 26.3 Å². The minimum atomic E-state index is -2.77. The van der Waals surface area contributed by atoms with Gasteiger partial charge in [0, 0.05) is 17.8 Å². The predicted molar refractivity (Wildman–Crippen MR) is 72.7 cm³/mol. The molecule has 2 nitrogen and oxygen atoms in total. The van der Waals surface area contributed by atoms with Crippen LogP contribution in [0.4, 0.5) is 14.5 Å². The van der Waals surface area contributed by atoms with E-state index in [0.29, 0.717) is 11.5 Å². The van der Waals surface area contributed by atoms with E-state index in [-0.39, 0.29) is 5.75 Å². The second-order valence-electron chi connectivity index (χ2n) is 6.01. The Bertz CT molecular complexity index is 420. The molecule has 0 saturated heterocycles. The molecule has 0 heterocycles. The Morgan fingerprint density at radius 2 is 2.16 bits per heavy atom. The van der Waals surface area contributed by atoms with Gasteiger partial charge in [-0.15, -0.1) is 0 Å². The van der Waals surface area contributed by atoms with Crippen molar-refractivity contribution in [3.05, 3.63) is 24.3 Å². The number of anilines is 1. The summed E-state index contributed by atoms with van der Waals surface area (Å²) in [5.74, 6) is 0.204. The summed E-state index contributed by atoms with van der Waals surface area (Å²) in [6, 6.07) is 7.20. The lowest BCUT2D eigenvalue weighted by Crippen LogP contribution is -2.31. The summed E-state index contributed by atoms with van der Waals surface area (Å²) in [5.41, 5.74) is 1.20. The molecule has 1 aliphatic rings. The van der Waals surface area contributed by atoms with Gasteiger partial charge in [0.1, 0.15) is 5.75 Å². The molecule has 1 saturated carbocycles. The van der Waals surface area contributed by atoms with E-state index in [4.69, 9.17) is 0 Å². The molecule has 106 valence electrons. The fourth-order valence-corrected chi connectivity index (χ4v) is 2.82. The van der Waals surface area contributed by atoms with Crippen molar-refractivity contribution in [2.45, 2.75) is 52.2 Å². The van der Waals surface area contributed by atoms with Crippen LogP contribution in [0.25, 0.3) is 0 Å². The van der Waals surface area contributed by atoms with Crippen LogP contribution in [0.3, 0.4) is 0 Å². The van der Waals surface area contributed by atoms with Gasteiger partial charge in [-0.3, -0.25) is 0 Å². The Balaban J connectivity index is 1.98. The monoisotopic (exact) mass is 269 g/mol. The van der Waals surface area contributed by atoms with Gasteiger partial charge in [-0.25, -0.2) is 0 Å². The highest BCUT2D eigenvalue weighted by atomic mass is 19.3. The summed E-state index contributed by atoms with van der Waals surface area (Å²) in [6.45, 7) is 1.78. The van der Waals surface area contributed by atoms with Gasteiger partial charge in [0.25, 0.3) is 0 Å². The third-order valence-corrected chi connectivity index (χ3v) is 3.64. The number of rotatable bonds is 4. The van der Waals surface area contributed by atoms with E-state index < -0.39 is 6.61 Å². The van der Waals surface area contributed by atoms with Crippen molar-refractivity contribution < 1.29 is 13.5 Å². The topological polar surface area (TPSA) is 21.3 Å². The first-order chi connectivity index (χ1) is 8.94. The van der Waals surface area contributed by atoms with Crippen LogP contribution in [-0.4, -0.2) is 12.7 Å². The molecule has 0 amide bonds. The molecule has 19 heavy (non-hydrogen) atoms. The highest BCUT2D eigenvalue weighted by Gasteiger charge is 2.27. The number of ether oxygens (including phenoxy) is 1. The van der Waals surface area contributed by atoms with Crippen molar-refractivity contribution in [1.82, 2.24) is 0 Å². The molecule has 0 aliphatic heterocycles. The smallest absolute Gasteiger partial charge is 0.387 e. The number of benzene rings is 1. The Hall–Kier alpha value is -1.32. The van der Waals surface area contributed by atoms with Crippen LogP contribution in [0.2, 0.25) is 0 Å². The second kappa shape index (κ2) is 5.76. The minimum absolute atomic E-state index is 0.204. The summed E-state index contributed by atoms with van der Waals surface area (Å²) >= 11 is 0. The first kappa shape index (κ1) is 14.1. The average Bonchev–Trinajstić information content (AvgIpc) is 2.26. The standard InChI is InChI=1S/C15H21F2NO/c1-15(2)8-4-6-12(10-15)18-11-5-3-7-13(9-11)19-14(16)17/h3,5,7,9,12,14,18H,4,6,8,10H2,1-2H3. The fraction of sp³-hybridized carbons (Fsp3) is 0.600. The molecule has 1 aromatic rings. The SMILES string of the molecule is CC1(C)CCCC(Nc2cccc(OC(F)F)c2)C1. The van der Waals surface area contributed by atoms with Crippen LogP contribution >= 0.6 is 0 Å². The zero-order valence-corrected chi connectivity index (χ0v) is 11.5. The molecular weight excluding hydrogens is 248 g/mol. The van der Waals surface area contributed by atoms with E-state index in [9.17, 15) is 8.78 Å². The normalized spacial score (nSPS) is 22.3. The first-order valence-electron chi connectivity index (χ1n) is 6.76. The van der Waals surface area contributed by atoms with Gasteiger partial charge < -0.3 is 10.1 Å². The summed E-state index contributed by atoms with van der Waals surface area (Å²) < 4.78 is 28.8. The molecule has 1 fully saturated rings. The van der Waals surface area contributed by atoms with Crippen LogP contribution in [-0.2, 0) is 0 Å². The largest absolute Gasteiger partial charge is 0.435 e. The molecule has 1 N–H and O–H groups in total. The first-order valence-corrected chi connectivity index (χ1v) is 6.76. The highest BCUT2D eigenvalue weighted by molar-refractivity contribution is 5.49. The number of hydrogen-bond donors (Lipinski definition) is 1. The minimum Gasteiger partial charge on any atom is -0.435 e. The van der Waals surface area contributed by atoms with E-state index in [2.05, 4.69) is 23.9 Å². The second-order valence-corrected chi connectivity index (χ2v) is 6.01. The van der Waals surface area contributed by atoms with Crippen molar-refractivity contribution in [1.29, 1.82) is 0 Å². The van der Waals surface area contributed by atoms with Gasteiger partial charge >= 0.3 is 6.61 Å². The lowest BCUT2D eigenvalue weighted by Gasteiger charge is -2.36. The Morgan fingerprint density at radius 3 is 2.84 bits per heavy atom. The molecule has 1 unspecified atom stereocenters. The highest BCUT2D eigenvalue weighted by Crippen LogP contribution is 2.36. The van der Waals surface area contributed by atoms with E-state index in [1.807, 2.05) is 6.07 Å². The molecule has 1 aromatic carbocycles. The summed E-state index contributed by atoms with van der Waals surface area (Å²) in [4.78, 5) is 0. The number of nitrogens with one attached hydrogen (secondary N) is 1. The van der Waals surface area contributed by atoms with E-state index in [0.717, 1.165) is 18.5 Å². The molecule has 0 radical (unpaired) electrons. The molecule has 2 rings (SSSR count). The van der Waals surface area contributed by atoms with Crippen LogP contribution in [0.5, 0.6) is 5.75 Å². The maximum absolute atomic E-state index is 12.2. The maximum atomic E-state index is 12.2. The van der Waals surface area contributed by atoms with Gasteiger partial charge in [0.05, 0.1) is 0 Å². The summed E-state index contributed by atoms with van der Waals surface area (Å²) in [5, 5.41) is 3.43. The van der Waals surface area contributed by atoms with Gasteiger partial charge in [-0.05, 0) is 36.8 Å². The third kappa shape index (κ3) is 4.37. The number of alkyl halides is 2. The molecule has 0 bridgehead atoms. The van der Waals surface area contributed by atoms with Crippen LogP contribution in [0.1, 0.15) is 39.5 Å². The lowest BCUT2D eigenvalue weighted by atomic mass is 9.75. The average molecular weight is 269 g/mol. The predicted octanol–water partition coefficient (Wildman–Crippen LogP) is 4.67. The van der Waals surface area contributed by atoms with Crippen LogP contribution in [0, 0.1) is 5.41 Å². The third-order valence-electron chi connectivity index (χ3n) is 3.64. The van der Waals surface area contributed by atoms with Crippen molar-refractivity contribution in [2.75, 3.05) is 5.32 Å². The maximum Gasteiger partial charge on any atom is 0.387 e. The Labute approximate surface area is 113 Å². The zero-order valence-electron chi connectivity index (χ0n) is 11.5. The quantitative estimate of drug-likeness (QED) is 0.857. The molecule has 1 atom stereocenters. The van der Waals surface area contributed by atoms with Crippen LogP contribution < -0.4 is 10.1 Å². The van der Waals surface area contributed by atoms with Gasteiger partial charge in [0.15, 0.2) is 0 Å². The van der Waals surface area contributed by atoms with Gasteiger partial charge in [-0.2, -0.15) is 8.78 Å². The number of halogens is 2. The summed E-state index contributed by atoms with van der Waals surface area (Å²) in [7, 11) is 0. The lowest BCUT2D eigenvalue weighted by molar-refractivity contribution is -0.0498. The summed E-state index contributed by atoms with van der Waals surface area (Å²) in [6.07, 6.45) is 4.69. The fourth-order valence-electron chi connectivity index (χ4n) is 2.82. The Kier molecular flexibility index (Phi) is 4.27. The molecular formula is C15H21F2NO. The zero-order chi connectivity index (χ0) is 13.9. The van der Waals surface area contributed by atoms with Crippen molar-refractivity contribution in [3.63, 3.8) is 0 Å². The van der Waals surface area contributed by atoms with Crippen molar-refractivity contribution >= 4 is 5.69 Å². The van der Waals surface area contributed by atoms with E-state index in [1.54, 1.807) is 18.2 Å². The van der Waals surface area contributed by atoms with Crippen LogP contribution in [0.15, 0.2) is 24.3 Å². The van der Waals surface area contributed by atoms with Crippen molar-refractivity contribution in [3.8, 4) is 5.75 Å². The molecule has 0 aromatic heterocycles. The van der Waals surface area contributed by atoms with Gasteiger partial charge in [0.2, 0.25) is 0 Å². The molecule has 4 heteroatoms. The molecule has 1 aliphatic carbocycles. The van der Waals surface area contributed by atoms with E-state index in [1.165, 1.54) is 12.8 Å². The van der Waals surface area contributed by atoms with E-state index >= 15 is 0 Å². The molecule has 0 spiro atoms. The Morgan fingerprint density at radius 1 is 1.37 bits per heavy atom. The number of hydrogen-bond acceptors (Lipinski definition) is 2.